The van der Waals surface area contributed by atoms with Crippen molar-refractivity contribution in [2.24, 2.45) is 23.7 Å². The quantitative estimate of drug-likeness (QED) is 0.420. The Balaban J connectivity index is 2.39. The number of aliphatic hydroxyl groups is 2. The highest BCUT2D eigenvalue weighted by Crippen LogP contribution is 2.33. The Morgan fingerprint density at radius 1 is 1.08 bits per heavy atom. The molecule has 2 rings (SSSR count). The van der Waals surface area contributed by atoms with Crippen LogP contribution in [0.2, 0.25) is 0 Å². The molecule has 2 saturated heterocycles. The zero-order valence-corrected chi connectivity index (χ0v) is 24.1. The lowest BCUT2D eigenvalue weighted by molar-refractivity contribution is -0.278. The highest BCUT2D eigenvalue weighted by atomic mass is 16.7. The van der Waals surface area contributed by atoms with Crippen LogP contribution in [0.15, 0.2) is 0 Å². The molecule has 0 aliphatic carbocycles. The predicted molar refractivity (Wildman–Crippen MR) is 139 cm³/mol. The fourth-order valence-electron chi connectivity index (χ4n) is 5.73. The van der Waals surface area contributed by atoms with Crippen LogP contribution in [0.25, 0.3) is 0 Å². The number of Topliss-reactive ketones (excluding diaryl/α,β-unsaturated/α-hetero) is 2. The second kappa shape index (κ2) is 13.1. The molecule has 0 aromatic carbocycles. The Morgan fingerprint density at radius 3 is 2.27 bits per heavy atom. The Bertz CT molecular complexity index is 799. The van der Waals surface area contributed by atoms with Gasteiger partial charge in [-0.2, -0.15) is 0 Å². The van der Waals surface area contributed by atoms with E-state index in [1.165, 1.54) is 6.92 Å². The molecule has 0 spiro atoms. The molecule has 214 valence electrons. The Labute approximate surface area is 222 Å². The lowest BCUT2D eigenvalue weighted by Gasteiger charge is -2.43. The third kappa shape index (κ3) is 7.82. The summed E-state index contributed by atoms with van der Waals surface area (Å²) in [4.78, 5) is 41.4. The molecule has 11 atom stereocenters. The monoisotopic (exact) mass is 527 g/mol. The minimum Gasteiger partial charge on any atom is -0.459 e. The number of hydrogen-bond donors (Lipinski definition) is 2. The molecule has 9 heteroatoms. The maximum absolute atomic E-state index is 13.5. The topological polar surface area (TPSA) is 123 Å². The standard InChI is InChI=1S/C28H49NO8/c1-10-22-28(7,34)12-11-21(30)15(2)13-16(3)25(18(5)23(31)19(6)26(33)36-22)37-27-24(32)20(29(8)9)14-17(4)35-27/h15-20,22,24-25,27,32,34H,10-14H2,1-9H3. The van der Waals surface area contributed by atoms with Crippen molar-refractivity contribution in [2.45, 2.75) is 123 Å². The van der Waals surface area contributed by atoms with E-state index < -0.39 is 48.0 Å². The third-order valence-electron chi connectivity index (χ3n) is 8.33. The van der Waals surface area contributed by atoms with Crippen molar-refractivity contribution >= 4 is 17.5 Å². The number of ether oxygens (including phenoxy) is 3. The van der Waals surface area contributed by atoms with E-state index in [-0.39, 0.29) is 48.4 Å². The smallest absolute Gasteiger partial charge is 0.316 e. The van der Waals surface area contributed by atoms with Crippen molar-refractivity contribution < 1.29 is 38.8 Å². The molecule has 0 aromatic rings. The lowest BCUT2D eigenvalue weighted by Crippen LogP contribution is -2.56. The van der Waals surface area contributed by atoms with Crippen molar-refractivity contribution in [1.29, 1.82) is 0 Å². The van der Waals surface area contributed by atoms with Crippen LogP contribution in [0.5, 0.6) is 0 Å². The summed E-state index contributed by atoms with van der Waals surface area (Å²) < 4.78 is 17.9. The maximum Gasteiger partial charge on any atom is 0.316 e. The maximum atomic E-state index is 13.5. The van der Waals surface area contributed by atoms with Crippen molar-refractivity contribution in [3.8, 4) is 0 Å². The van der Waals surface area contributed by atoms with Gasteiger partial charge in [-0.1, -0.05) is 27.7 Å². The molecule has 2 aliphatic rings. The molecule has 9 nitrogen and oxygen atoms in total. The molecule has 2 N–H and O–H groups in total. The number of nitrogens with zero attached hydrogens (tertiary/aromatic N) is 1. The highest BCUT2D eigenvalue weighted by Gasteiger charge is 2.44. The number of hydrogen-bond acceptors (Lipinski definition) is 9. The van der Waals surface area contributed by atoms with E-state index in [9.17, 15) is 24.6 Å². The van der Waals surface area contributed by atoms with E-state index in [2.05, 4.69) is 0 Å². The molecule has 0 amide bonds. The van der Waals surface area contributed by atoms with Gasteiger partial charge in [0.1, 0.15) is 23.9 Å². The largest absolute Gasteiger partial charge is 0.459 e. The molecule has 0 saturated carbocycles. The van der Waals surface area contributed by atoms with E-state index >= 15 is 0 Å². The summed E-state index contributed by atoms with van der Waals surface area (Å²) in [6.45, 7) is 12.3. The number of ketones is 2. The van der Waals surface area contributed by atoms with Crippen LogP contribution in [0.1, 0.15) is 80.6 Å². The second-order valence-corrected chi connectivity index (χ2v) is 11.9. The van der Waals surface area contributed by atoms with Crippen LogP contribution >= 0.6 is 0 Å². The van der Waals surface area contributed by atoms with Crippen LogP contribution in [0.4, 0.5) is 0 Å². The molecular formula is C28H49NO8. The van der Waals surface area contributed by atoms with Crippen molar-refractivity contribution in [2.75, 3.05) is 14.1 Å². The molecule has 2 fully saturated rings. The van der Waals surface area contributed by atoms with Crippen LogP contribution in [0.3, 0.4) is 0 Å². The minimum absolute atomic E-state index is 0.00768. The third-order valence-corrected chi connectivity index (χ3v) is 8.33. The second-order valence-electron chi connectivity index (χ2n) is 11.9. The van der Waals surface area contributed by atoms with Gasteiger partial charge >= 0.3 is 5.97 Å². The van der Waals surface area contributed by atoms with Gasteiger partial charge in [-0.3, -0.25) is 14.4 Å². The van der Waals surface area contributed by atoms with E-state index in [1.807, 2.05) is 39.8 Å². The minimum atomic E-state index is -1.39. The summed E-state index contributed by atoms with van der Waals surface area (Å²) in [5.41, 5.74) is -1.39. The number of carbonyl (C=O) groups is 3. The molecule has 0 aromatic heterocycles. The van der Waals surface area contributed by atoms with Crippen molar-refractivity contribution in [1.82, 2.24) is 4.90 Å². The van der Waals surface area contributed by atoms with E-state index in [1.54, 1.807) is 20.8 Å². The number of esters is 1. The van der Waals surface area contributed by atoms with Gasteiger partial charge in [-0.15, -0.1) is 0 Å². The van der Waals surface area contributed by atoms with Crippen LogP contribution in [-0.4, -0.2) is 89.1 Å². The van der Waals surface area contributed by atoms with Gasteiger partial charge in [0.25, 0.3) is 0 Å². The summed E-state index contributed by atoms with van der Waals surface area (Å²) in [7, 11) is 3.78. The van der Waals surface area contributed by atoms with E-state index in [4.69, 9.17) is 14.2 Å². The average Bonchev–Trinajstić information content (AvgIpc) is 2.83. The van der Waals surface area contributed by atoms with Gasteiger partial charge in [0.2, 0.25) is 0 Å². The molecule has 2 heterocycles. The lowest BCUT2D eigenvalue weighted by atomic mass is 9.79. The highest BCUT2D eigenvalue weighted by molar-refractivity contribution is 6.00. The molecule has 2 aliphatic heterocycles. The Morgan fingerprint density at radius 2 is 1.70 bits per heavy atom. The number of carbonyl (C=O) groups excluding carboxylic acids is 3. The number of aliphatic hydroxyl groups excluding tert-OH is 1. The number of likely N-dealkylation sites (N-methyl/N-ethyl adjacent to an activating group) is 1. The first-order valence-electron chi connectivity index (χ1n) is 13.7. The SMILES string of the molecule is CCC1OC(=O)C(C)C(=O)C(C)C(OC2OC(C)CC(N(C)C)C2O)C(C)CC(C)C(=O)CCC1(C)O. The first-order valence-corrected chi connectivity index (χ1v) is 13.7. The molecular weight excluding hydrogens is 478 g/mol. The summed E-state index contributed by atoms with van der Waals surface area (Å²) >= 11 is 0. The fourth-order valence-corrected chi connectivity index (χ4v) is 5.73. The van der Waals surface area contributed by atoms with Crippen LogP contribution in [0, 0.1) is 23.7 Å². The predicted octanol–water partition coefficient (Wildman–Crippen LogP) is 2.74. The molecule has 11 unspecified atom stereocenters. The van der Waals surface area contributed by atoms with Crippen molar-refractivity contribution in [3.05, 3.63) is 0 Å². The van der Waals surface area contributed by atoms with Crippen LogP contribution < -0.4 is 0 Å². The van der Waals surface area contributed by atoms with Gasteiger partial charge in [0.15, 0.2) is 12.1 Å². The summed E-state index contributed by atoms with van der Waals surface area (Å²) in [5.74, 6) is -3.43. The summed E-state index contributed by atoms with van der Waals surface area (Å²) in [6, 6.07) is -0.179. The Kier molecular flexibility index (Phi) is 11.3. The van der Waals surface area contributed by atoms with Crippen molar-refractivity contribution in [3.63, 3.8) is 0 Å². The van der Waals surface area contributed by atoms with E-state index in [0.29, 0.717) is 19.3 Å². The van der Waals surface area contributed by atoms with Crippen LogP contribution in [-0.2, 0) is 28.6 Å². The first kappa shape index (κ1) is 31.8. The van der Waals surface area contributed by atoms with Gasteiger partial charge < -0.3 is 29.3 Å². The summed E-state index contributed by atoms with van der Waals surface area (Å²) in [6.07, 6.45) is -1.82. The number of cyclic esters (lactones) is 1. The fraction of sp³-hybridized carbons (Fsp3) is 0.893. The molecule has 37 heavy (non-hydrogen) atoms. The molecule has 0 radical (unpaired) electrons. The average molecular weight is 528 g/mol. The van der Waals surface area contributed by atoms with Gasteiger partial charge in [0.05, 0.1) is 17.8 Å². The zero-order chi connectivity index (χ0) is 28.2. The van der Waals surface area contributed by atoms with Gasteiger partial charge in [-0.05, 0) is 66.5 Å². The molecule has 0 bridgehead atoms. The van der Waals surface area contributed by atoms with E-state index in [0.717, 1.165) is 0 Å². The normalized spacial score (nSPS) is 43.4. The zero-order valence-electron chi connectivity index (χ0n) is 24.1. The van der Waals surface area contributed by atoms with Gasteiger partial charge in [0, 0.05) is 24.3 Å². The van der Waals surface area contributed by atoms with Gasteiger partial charge in [-0.25, -0.2) is 0 Å². The number of rotatable bonds is 4. The Hall–Kier alpha value is -1.39. The summed E-state index contributed by atoms with van der Waals surface area (Å²) in [5, 5.41) is 22.0. The first-order chi connectivity index (χ1) is 17.1.